The molecule has 3 N–H and O–H groups in total. The van der Waals surface area contributed by atoms with Crippen LogP contribution in [0.4, 0.5) is 10.7 Å². The maximum Gasteiger partial charge on any atom is 0.129 e. The number of hydrogen-bond acceptors (Lipinski definition) is 4. The fraction of sp³-hybridized carbons (Fsp3) is 0.545. The third kappa shape index (κ3) is 2.07. The molecule has 0 amide bonds. The Balaban J connectivity index is 1.97. The van der Waals surface area contributed by atoms with Gasteiger partial charge in [-0.05, 0) is 30.7 Å². The highest BCUT2D eigenvalue weighted by molar-refractivity contribution is 7.17. The van der Waals surface area contributed by atoms with E-state index in [2.05, 4.69) is 18.3 Å². The molecule has 0 saturated heterocycles. The molecule has 1 fully saturated rings. The number of nitriles is 1. The molecule has 1 heterocycles. The smallest absolute Gasteiger partial charge is 0.129 e. The molecule has 1 aromatic heterocycles. The van der Waals surface area contributed by atoms with Crippen LogP contribution in [0.2, 0.25) is 0 Å². The summed E-state index contributed by atoms with van der Waals surface area (Å²) in [5, 5.41) is 13.2. The fourth-order valence-electron chi connectivity index (χ4n) is 1.69. The van der Waals surface area contributed by atoms with E-state index in [9.17, 15) is 0 Å². The normalized spacial score (nSPS) is 17.1. The van der Waals surface area contributed by atoms with Crippen molar-refractivity contribution in [2.75, 3.05) is 17.6 Å². The van der Waals surface area contributed by atoms with E-state index in [0.29, 0.717) is 16.0 Å². The number of nitrogens with zero attached hydrogens (tertiary/aromatic N) is 1. The lowest BCUT2D eigenvalue weighted by atomic mass is 10.0. The Labute approximate surface area is 93.9 Å². The van der Waals surface area contributed by atoms with Crippen LogP contribution in [-0.4, -0.2) is 6.54 Å². The van der Waals surface area contributed by atoms with Crippen molar-refractivity contribution in [3.63, 3.8) is 0 Å². The lowest BCUT2D eigenvalue weighted by Crippen LogP contribution is -2.13. The molecule has 80 valence electrons. The summed E-state index contributed by atoms with van der Waals surface area (Å²) in [6.45, 7) is 3.24. The van der Waals surface area contributed by atoms with E-state index in [1.165, 1.54) is 30.6 Å². The van der Waals surface area contributed by atoms with Crippen molar-refractivity contribution >= 4 is 22.0 Å². The zero-order valence-corrected chi connectivity index (χ0v) is 9.66. The van der Waals surface area contributed by atoms with Gasteiger partial charge in [0.1, 0.15) is 10.9 Å². The molecule has 2 rings (SSSR count). The summed E-state index contributed by atoms with van der Waals surface area (Å²) in [6.07, 6.45) is 3.87. The lowest BCUT2D eigenvalue weighted by Gasteiger charge is -2.12. The van der Waals surface area contributed by atoms with Gasteiger partial charge in [-0.1, -0.05) is 6.92 Å². The molecule has 0 radical (unpaired) electrons. The molecule has 0 unspecified atom stereocenters. The minimum absolute atomic E-state index is 0.519. The van der Waals surface area contributed by atoms with Gasteiger partial charge in [-0.15, -0.1) is 11.3 Å². The van der Waals surface area contributed by atoms with Crippen molar-refractivity contribution in [2.24, 2.45) is 5.41 Å². The zero-order chi connectivity index (χ0) is 10.9. The van der Waals surface area contributed by atoms with E-state index in [4.69, 9.17) is 11.0 Å². The topological polar surface area (TPSA) is 61.8 Å². The van der Waals surface area contributed by atoms with E-state index in [1.807, 2.05) is 6.07 Å². The molecular weight excluding hydrogens is 206 g/mol. The Kier molecular flexibility index (Phi) is 2.57. The van der Waals surface area contributed by atoms with Gasteiger partial charge in [0.2, 0.25) is 0 Å². The molecule has 0 spiro atoms. The second-order valence-corrected chi connectivity index (χ2v) is 5.27. The van der Waals surface area contributed by atoms with E-state index >= 15 is 0 Å². The van der Waals surface area contributed by atoms with Crippen LogP contribution in [0.1, 0.15) is 31.1 Å². The zero-order valence-electron chi connectivity index (χ0n) is 8.84. The van der Waals surface area contributed by atoms with Gasteiger partial charge in [-0.3, -0.25) is 0 Å². The Bertz CT molecular complexity index is 398. The maximum atomic E-state index is 8.77. The predicted molar refractivity (Wildman–Crippen MR) is 63.9 cm³/mol. The van der Waals surface area contributed by atoms with Crippen molar-refractivity contribution in [3.8, 4) is 6.07 Å². The van der Waals surface area contributed by atoms with E-state index < -0.39 is 0 Å². The summed E-state index contributed by atoms with van der Waals surface area (Å²) in [4.78, 5) is 0.610. The quantitative estimate of drug-likeness (QED) is 0.821. The van der Waals surface area contributed by atoms with Crippen molar-refractivity contribution < 1.29 is 0 Å². The van der Waals surface area contributed by atoms with Crippen LogP contribution >= 0.6 is 11.3 Å². The molecular formula is C11H15N3S. The Morgan fingerprint density at radius 1 is 1.67 bits per heavy atom. The molecule has 0 atom stereocenters. The molecule has 1 aromatic rings. The van der Waals surface area contributed by atoms with Crippen molar-refractivity contribution in [1.82, 2.24) is 0 Å². The van der Waals surface area contributed by atoms with Crippen LogP contribution in [0, 0.1) is 16.7 Å². The second-order valence-electron chi connectivity index (χ2n) is 4.21. The number of hydrogen-bond donors (Lipinski definition) is 2. The van der Waals surface area contributed by atoms with Crippen LogP contribution in [0.25, 0.3) is 0 Å². The molecule has 0 bridgehead atoms. The molecule has 4 heteroatoms. The monoisotopic (exact) mass is 221 g/mol. The first-order valence-corrected chi connectivity index (χ1v) is 6.04. The standard InChI is InChI=1S/C11H15N3S/c1-2-11(3-4-11)7-14-10-5-8(13)9(6-12)15-10/h5,14H,2-4,7,13H2,1H3. The third-order valence-electron chi connectivity index (χ3n) is 3.21. The summed E-state index contributed by atoms with van der Waals surface area (Å²) in [5.41, 5.74) is 6.80. The van der Waals surface area contributed by atoms with Crippen LogP contribution in [-0.2, 0) is 0 Å². The number of nitrogen functional groups attached to an aromatic ring is 1. The van der Waals surface area contributed by atoms with Crippen LogP contribution in [0.3, 0.4) is 0 Å². The van der Waals surface area contributed by atoms with E-state index in [-0.39, 0.29) is 0 Å². The Morgan fingerprint density at radius 2 is 2.40 bits per heavy atom. The van der Waals surface area contributed by atoms with Gasteiger partial charge in [0.15, 0.2) is 0 Å². The van der Waals surface area contributed by atoms with E-state index in [1.54, 1.807) is 0 Å². The highest BCUT2D eigenvalue weighted by Crippen LogP contribution is 2.48. The summed E-state index contributed by atoms with van der Waals surface area (Å²) in [6, 6.07) is 3.95. The average molecular weight is 221 g/mol. The summed E-state index contributed by atoms with van der Waals surface area (Å²) in [5.74, 6) is 0. The highest BCUT2D eigenvalue weighted by Gasteiger charge is 2.40. The number of nitrogens with one attached hydrogen (secondary N) is 1. The van der Waals surface area contributed by atoms with E-state index in [0.717, 1.165) is 11.5 Å². The fourth-order valence-corrected chi connectivity index (χ4v) is 2.46. The average Bonchev–Trinajstić information content (AvgIpc) is 2.94. The molecule has 0 aromatic carbocycles. The largest absolute Gasteiger partial charge is 0.397 e. The van der Waals surface area contributed by atoms with Gasteiger partial charge in [0.05, 0.1) is 10.7 Å². The van der Waals surface area contributed by atoms with Crippen molar-refractivity contribution in [3.05, 3.63) is 10.9 Å². The minimum atomic E-state index is 0.519. The number of thiophene rings is 1. The van der Waals surface area contributed by atoms with Gasteiger partial charge in [0, 0.05) is 6.54 Å². The van der Waals surface area contributed by atoms with Gasteiger partial charge >= 0.3 is 0 Å². The van der Waals surface area contributed by atoms with Crippen LogP contribution in [0.15, 0.2) is 6.07 Å². The first-order valence-electron chi connectivity index (χ1n) is 5.22. The molecule has 15 heavy (non-hydrogen) atoms. The molecule has 0 aliphatic heterocycles. The number of nitrogens with two attached hydrogens (primary N) is 1. The highest BCUT2D eigenvalue weighted by atomic mass is 32.1. The first kappa shape index (κ1) is 10.3. The molecule has 1 aliphatic carbocycles. The SMILES string of the molecule is CCC1(CNc2cc(N)c(C#N)s2)CC1. The van der Waals surface area contributed by atoms with Gasteiger partial charge < -0.3 is 11.1 Å². The maximum absolute atomic E-state index is 8.77. The summed E-state index contributed by atoms with van der Waals surface area (Å²) in [7, 11) is 0. The Hall–Kier alpha value is -1.21. The van der Waals surface area contributed by atoms with Crippen LogP contribution in [0.5, 0.6) is 0 Å². The number of anilines is 2. The van der Waals surface area contributed by atoms with Crippen molar-refractivity contribution in [1.29, 1.82) is 5.26 Å². The lowest BCUT2D eigenvalue weighted by molar-refractivity contribution is 0.522. The summed E-state index contributed by atoms with van der Waals surface area (Å²) >= 11 is 1.44. The van der Waals surface area contributed by atoms with Gasteiger partial charge in [0.25, 0.3) is 0 Å². The predicted octanol–water partition coefficient (Wildman–Crippen LogP) is 2.80. The summed E-state index contributed by atoms with van der Waals surface area (Å²) < 4.78 is 0. The number of rotatable bonds is 4. The third-order valence-corrected chi connectivity index (χ3v) is 4.22. The van der Waals surface area contributed by atoms with Gasteiger partial charge in [-0.25, -0.2) is 0 Å². The Morgan fingerprint density at radius 3 is 2.87 bits per heavy atom. The molecule has 3 nitrogen and oxygen atoms in total. The second kappa shape index (κ2) is 3.74. The minimum Gasteiger partial charge on any atom is -0.397 e. The molecule has 1 aliphatic rings. The first-order chi connectivity index (χ1) is 7.19. The molecule has 1 saturated carbocycles. The van der Waals surface area contributed by atoms with Crippen molar-refractivity contribution in [2.45, 2.75) is 26.2 Å². The van der Waals surface area contributed by atoms with Gasteiger partial charge in [-0.2, -0.15) is 5.26 Å². The van der Waals surface area contributed by atoms with Crippen LogP contribution < -0.4 is 11.1 Å².